The molecule has 0 saturated carbocycles. The summed E-state index contributed by atoms with van der Waals surface area (Å²) < 4.78 is 28.4. The monoisotopic (exact) mass is 496 g/mol. The smallest absolute Gasteiger partial charge is 0.243 e. The summed E-state index contributed by atoms with van der Waals surface area (Å²) in [6.45, 7) is 5.02. The van der Waals surface area contributed by atoms with Gasteiger partial charge in [0, 0.05) is 50.2 Å². The number of carbonyl (C=O) groups is 2. The summed E-state index contributed by atoms with van der Waals surface area (Å²) in [5.41, 5.74) is 1.41. The first-order valence-electron chi connectivity index (χ1n) is 11.5. The van der Waals surface area contributed by atoms with Crippen molar-refractivity contribution in [2.45, 2.75) is 31.7 Å². The average Bonchev–Trinajstić information content (AvgIpc) is 3.46. The van der Waals surface area contributed by atoms with Crippen molar-refractivity contribution < 1.29 is 18.0 Å². The molecule has 1 aliphatic heterocycles. The van der Waals surface area contributed by atoms with Crippen molar-refractivity contribution in [3.8, 4) is 0 Å². The summed E-state index contributed by atoms with van der Waals surface area (Å²) >= 11 is 0. The molecular formula is C24H28N6O4S. The SMILES string of the molecule is CCN(CC)S(=O)(=O)c1ccc(N2CC(C(=O)Nc3ccn(Cc4ccccn4)n3)CC2=O)cc1. The summed E-state index contributed by atoms with van der Waals surface area (Å²) in [4.78, 5) is 31.4. The molecule has 1 unspecified atom stereocenters. The number of pyridine rings is 1. The third-order valence-corrected chi connectivity index (χ3v) is 7.99. The van der Waals surface area contributed by atoms with Crippen LogP contribution in [0.5, 0.6) is 0 Å². The van der Waals surface area contributed by atoms with Crippen molar-refractivity contribution >= 4 is 33.3 Å². The third-order valence-electron chi connectivity index (χ3n) is 5.93. The fourth-order valence-corrected chi connectivity index (χ4v) is 5.50. The summed E-state index contributed by atoms with van der Waals surface area (Å²) in [6, 6.07) is 13.5. The Labute approximate surface area is 204 Å². The molecule has 3 aromatic rings. The standard InChI is InChI=1S/C24H28N6O4S/c1-3-29(4-2)35(33,34)21-10-8-20(9-11-21)30-16-18(15-23(30)31)24(32)26-22-12-14-28(27-22)17-19-7-5-6-13-25-19/h5-14,18H,3-4,15-17H2,1-2H3,(H,26,27,32). The van der Waals surface area contributed by atoms with Crippen LogP contribution < -0.4 is 10.2 Å². The molecule has 1 atom stereocenters. The zero-order chi connectivity index (χ0) is 25.0. The fourth-order valence-electron chi connectivity index (χ4n) is 4.05. The second kappa shape index (κ2) is 10.4. The number of rotatable bonds is 9. The highest BCUT2D eigenvalue weighted by molar-refractivity contribution is 7.89. The number of aromatic nitrogens is 3. The molecular weight excluding hydrogens is 468 g/mol. The van der Waals surface area contributed by atoms with Gasteiger partial charge in [0.15, 0.2) is 5.82 Å². The topological polar surface area (TPSA) is 118 Å². The minimum absolute atomic E-state index is 0.0694. The van der Waals surface area contributed by atoms with E-state index in [9.17, 15) is 18.0 Å². The van der Waals surface area contributed by atoms with Gasteiger partial charge in [0.05, 0.1) is 23.1 Å². The Hall–Kier alpha value is -3.57. The summed E-state index contributed by atoms with van der Waals surface area (Å²) in [6.07, 6.45) is 3.53. The van der Waals surface area contributed by atoms with E-state index in [-0.39, 0.29) is 29.7 Å². The average molecular weight is 497 g/mol. The highest BCUT2D eigenvalue weighted by Gasteiger charge is 2.35. The zero-order valence-electron chi connectivity index (χ0n) is 19.7. The van der Waals surface area contributed by atoms with Gasteiger partial charge >= 0.3 is 0 Å². The number of sulfonamides is 1. The molecule has 2 aromatic heterocycles. The van der Waals surface area contributed by atoms with Gasteiger partial charge < -0.3 is 10.2 Å². The van der Waals surface area contributed by atoms with E-state index in [1.165, 1.54) is 21.3 Å². The second-order valence-electron chi connectivity index (χ2n) is 8.20. The van der Waals surface area contributed by atoms with Crippen LogP contribution in [0.3, 0.4) is 0 Å². The molecule has 1 saturated heterocycles. The zero-order valence-corrected chi connectivity index (χ0v) is 20.5. The van der Waals surface area contributed by atoms with E-state index in [4.69, 9.17) is 0 Å². The number of hydrogen-bond donors (Lipinski definition) is 1. The quantitative estimate of drug-likeness (QED) is 0.486. The maximum absolute atomic E-state index is 12.8. The minimum atomic E-state index is -3.58. The molecule has 1 aliphatic rings. The molecule has 35 heavy (non-hydrogen) atoms. The molecule has 0 aliphatic carbocycles. The van der Waals surface area contributed by atoms with Crippen LogP contribution in [0.2, 0.25) is 0 Å². The predicted molar refractivity (Wildman–Crippen MR) is 131 cm³/mol. The minimum Gasteiger partial charge on any atom is -0.312 e. The van der Waals surface area contributed by atoms with E-state index in [1.807, 2.05) is 18.2 Å². The number of amides is 2. The molecule has 11 heteroatoms. The molecule has 0 spiro atoms. The number of nitrogens with one attached hydrogen (secondary N) is 1. The number of hydrogen-bond acceptors (Lipinski definition) is 6. The number of anilines is 2. The van der Waals surface area contributed by atoms with E-state index in [0.29, 0.717) is 31.1 Å². The van der Waals surface area contributed by atoms with E-state index in [1.54, 1.807) is 49.1 Å². The number of carbonyl (C=O) groups excluding carboxylic acids is 2. The Balaban J connectivity index is 1.38. The van der Waals surface area contributed by atoms with Crippen molar-refractivity contribution in [2.24, 2.45) is 5.92 Å². The largest absolute Gasteiger partial charge is 0.312 e. The highest BCUT2D eigenvalue weighted by atomic mass is 32.2. The van der Waals surface area contributed by atoms with Gasteiger partial charge in [-0.1, -0.05) is 19.9 Å². The lowest BCUT2D eigenvalue weighted by molar-refractivity contribution is -0.122. The van der Waals surface area contributed by atoms with Crippen LogP contribution in [0.15, 0.2) is 65.8 Å². The third kappa shape index (κ3) is 5.41. The van der Waals surface area contributed by atoms with Crippen molar-refractivity contribution in [1.82, 2.24) is 19.1 Å². The molecule has 2 amide bonds. The lowest BCUT2D eigenvalue weighted by Gasteiger charge is -2.20. The van der Waals surface area contributed by atoms with Crippen LogP contribution in [0.1, 0.15) is 26.0 Å². The normalized spacial score (nSPS) is 16.1. The Bertz CT molecular complexity index is 1290. The summed E-state index contributed by atoms with van der Waals surface area (Å²) in [5, 5.41) is 7.14. The van der Waals surface area contributed by atoms with Crippen LogP contribution in [-0.4, -0.2) is 58.9 Å². The number of nitrogens with zero attached hydrogens (tertiary/aromatic N) is 5. The lowest BCUT2D eigenvalue weighted by atomic mass is 10.1. The maximum Gasteiger partial charge on any atom is 0.243 e. The molecule has 184 valence electrons. The lowest BCUT2D eigenvalue weighted by Crippen LogP contribution is -2.31. The molecule has 3 heterocycles. The van der Waals surface area contributed by atoms with E-state index >= 15 is 0 Å². The Kier molecular flexibility index (Phi) is 7.27. The van der Waals surface area contributed by atoms with Gasteiger partial charge in [0.1, 0.15) is 0 Å². The molecule has 0 radical (unpaired) electrons. The summed E-state index contributed by atoms with van der Waals surface area (Å²) in [5.74, 6) is -0.611. The molecule has 1 aromatic carbocycles. The van der Waals surface area contributed by atoms with Crippen LogP contribution in [0, 0.1) is 5.92 Å². The molecule has 1 fully saturated rings. The van der Waals surface area contributed by atoms with Gasteiger partial charge in [0.25, 0.3) is 0 Å². The molecule has 10 nitrogen and oxygen atoms in total. The molecule has 4 rings (SSSR count). The Morgan fingerprint density at radius 1 is 1.11 bits per heavy atom. The first-order valence-corrected chi connectivity index (χ1v) is 12.9. The van der Waals surface area contributed by atoms with Gasteiger partial charge in [0.2, 0.25) is 21.8 Å². The maximum atomic E-state index is 12.8. The predicted octanol–water partition coefficient (Wildman–Crippen LogP) is 2.35. The number of benzene rings is 1. The second-order valence-corrected chi connectivity index (χ2v) is 10.1. The Morgan fingerprint density at radius 3 is 2.51 bits per heavy atom. The van der Waals surface area contributed by atoms with E-state index in [2.05, 4.69) is 15.4 Å². The van der Waals surface area contributed by atoms with Crippen LogP contribution >= 0.6 is 0 Å². The van der Waals surface area contributed by atoms with Crippen molar-refractivity contribution in [3.05, 3.63) is 66.6 Å². The van der Waals surface area contributed by atoms with Crippen molar-refractivity contribution in [3.63, 3.8) is 0 Å². The van der Waals surface area contributed by atoms with Crippen LogP contribution in [-0.2, 0) is 26.2 Å². The van der Waals surface area contributed by atoms with Crippen LogP contribution in [0.25, 0.3) is 0 Å². The fraction of sp³-hybridized carbons (Fsp3) is 0.333. The van der Waals surface area contributed by atoms with Crippen molar-refractivity contribution in [2.75, 3.05) is 29.9 Å². The van der Waals surface area contributed by atoms with Gasteiger partial charge in [-0.3, -0.25) is 19.3 Å². The highest BCUT2D eigenvalue weighted by Crippen LogP contribution is 2.27. The Morgan fingerprint density at radius 2 is 1.86 bits per heavy atom. The first kappa shape index (κ1) is 24.6. The van der Waals surface area contributed by atoms with Crippen LogP contribution in [0.4, 0.5) is 11.5 Å². The molecule has 0 bridgehead atoms. The van der Waals surface area contributed by atoms with Gasteiger partial charge in [-0.15, -0.1) is 0 Å². The molecule has 1 N–H and O–H groups in total. The van der Waals surface area contributed by atoms with E-state index in [0.717, 1.165) is 5.69 Å². The van der Waals surface area contributed by atoms with E-state index < -0.39 is 15.9 Å². The summed E-state index contributed by atoms with van der Waals surface area (Å²) in [7, 11) is -3.58. The van der Waals surface area contributed by atoms with Gasteiger partial charge in [-0.25, -0.2) is 8.42 Å². The van der Waals surface area contributed by atoms with Gasteiger partial charge in [-0.05, 0) is 36.4 Å². The first-order chi connectivity index (χ1) is 16.8. The van der Waals surface area contributed by atoms with Crippen molar-refractivity contribution in [1.29, 1.82) is 0 Å². The van der Waals surface area contributed by atoms with Gasteiger partial charge in [-0.2, -0.15) is 9.40 Å².